The van der Waals surface area contributed by atoms with Crippen LogP contribution in [0.4, 0.5) is 5.69 Å². The standard InChI is InChI=1S/C25H17Cl3N6O3/c1-12-6-20(13-2-5-22(28)30-11-13)31-19-4-3-15(9-16(12)19)37-23-17(26)7-14(8-18(23)27)34-25(36)32-24(35)21(10-29)33-34/h2-9,11,24-25,32,35-36H,1H3. The molecule has 0 saturated heterocycles. The lowest BCUT2D eigenvalue weighted by Gasteiger charge is -2.32. The highest BCUT2D eigenvalue weighted by Crippen LogP contribution is 2.41. The molecule has 0 saturated carbocycles. The van der Waals surface area contributed by atoms with Crippen molar-refractivity contribution in [1.29, 1.82) is 5.26 Å². The van der Waals surface area contributed by atoms with E-state index in [9.17, 15) is 10.2 Å². The molecule has 2 atom stereocenters. The lowest BCUT2D eigenvalue weighted by Crippen LogP contribution is -2.55. The van der Waals surface area contributed by atoms with Crippen molar-refractivity contribution in [2.75, 3.05) is 5.01 Å². The first-order chi connectivity index (χ1) is 17.7. The number of hydrazone groups is 1. The first-order valence-electron chi connectivity index (χ1n) is 10.8. The number of halogens is 3. The zero-order chi connectivity index (χ0) is 26.3. The second-order valence-electron chi connectivity index (χ2n) is 8.10. The summed E-state index contributed by atoms with van der Waals surface area (Å²) in [4.78, 5) is 8.85. The third kappa shape index (κ3) is 5.04. The van der Waals surface area contributed by atoms with Gasteiger partial charge in [0.2, 0.25) is 6.35 Å². The summed E-state index contributed by atoms with van der Waals surface area (Å²) in [6.45, 7) is 1.97. The second kappa shape index (κ2) is 10.1. The van der Waals surface area contributed by atoms with Crippen LogP contribution in [-0.4, -0.2) is 38.5 Å². The van der Waals surface area contributed by atoms with Crippen LogP contribution in [0.25, 0.3) is 22.2 Å². The van der Waals surface area contributed by atoms with Crippen LogP contribution in [0.5, 0.6) is 11.5 Å². The van der Waals surface area contributed by atoms with Crippen molar-refractivity contribution in [3.8, 4) is 28.8 Å². The van der Waals surface area contributed by atoms with E-state index in [0.717, 1.165) is 32.7 Å². The highest BCUT2D eigenvalue weighted by Gasteiger charge is 2.29. The Kier molecular flexibility index (Phi) is 6.88. The lowest BCUT2D eigenvalue weighted by molar-refractivity contribution is 0.0631. The van der Waals surface area contributed by atoms with Gasteiger partial charge in [-0.1, -0.05) is 34.8 Å². The molecule has 0 amide bonds. The normalized spacial score (nSPS) is 17.4. The number of nitrogens with zero attached hydrogens (tertiary/aromatic N) is 5. The Hall–Kier alpha value is -3.49. The quantitative estimate of drug-likeness (QED) is 0.292. The topological polar surface area (TPSA) is 127 Å². The fourth-order valence-electron chi connectivity index (χ4n) is 3.80. The van der Waals surface area contributed by atoms with Crippen molar-refractivity contribution in [1.82, 2.24) is 15.3 Å². The molecule has 5 rings (SSSR count). The van der Waals surface area contributed by atoms with Crippen LogP contribution in [0.1, 0.15) is 5.56 Å². The van der Waals surface area contributed by atoms with Gasteiger partial charge in [-0.05, 0) is 61.0 Å². The van der Waals surface area contributed by atoms with Gasteiger partial charge >= 0.3 is 0 Å². The van der Waals surface area contributed by atoms with Crippen LogP contribution in [0.2, 0.25) is 15.2 Å². The van der Waals surface area contributed by atoms with E-state index < -0.39 is 12.6 Å². The van der Waals surface area contributed by atoms with E-state index in [2.05, 4.69) is 15.4 Å². The maximum Gasteiger partial charge on any atom is 0.206 e. The van der Waals surface area contributed by atoms with Crippen LogP contribution in [0, 0.1) is 18.3 Å². The number of aliphatic hydroxyl groups is 2. The number of anilines is 1. The van der Waals surface area contributed by atoms with Crippen LogP contribution in [0.15, 0.2) is 59.8 Å². The largest absolute Gasteiger partial charge is 0.454 e. The number of benzene rings is 2. The molecule has 37 heavy (non-hydrogen) atoms. The summed E-state index contributed by atoms with van der Waals surface area (Å²) in [6, 6.07) is 15.7. The molecule has 2 aromatic carbocycles. The van der Waals surface area contributed by atoms with Gasteiger partial charge in [-0.15, -0.1) is 0 Å². The smallest absolute Gasteiger partial charge is 0.206 e. The minimum Gasteiger partial charge on any atom is -0.454 e. The number of hydrogen-bond donors (Lipinski definition) is 3. The van der Waals surface area contributed by atoms with Crippen molar-refractivity contribution < 1.29 is 14.9 Å². The van der Waals surface area contributed by atoms with E-state index in [0.29, 0.717) is 10.9 Å². The summed E-state index contributed by atoms with van der Waals surface area (Å²) in [5.41, 5.74) is 3.42. The van der Waals surface area contributed by atoms with Crippen molar-refractivity contribution in [3.63, 3.8) is 0 Å². The van der Waals surface area contributed by atoms with E-state index in [1.165, 1.54) is 12.1 Å². The molecule has 9 nitrogen and oxygen atoms in total. The molecule has 1 aliphatic heterocycles. The Morgan fingerprint density at radius 1 is 1.05 bits per heavy atom. The van der Waals surface area contributed by atoms with E-state index >= 15 is 0 Å². The Morgan fingerprint density at radius 3 is 2.49 bits per heavy atom. The van der Waals surface area contributed by atoms with Crippen molar-refractivity contribution in [3.05, 3.63) is 75.5 Å². The predicted molar refractivity (Wildman–Crippen MR) is 142 cm³/mol. The summed E-state index contributed by atoms with van der Waals surface area (Å²) in [5.74, 6) is 0.687. The van der Waals surface area contributed by atoms with E-state index in [1.54, 1.807) is 24.4 Å². The van der Waals surface area contributed by atoms with Crippen LogP contribution in [0.3, 0.4) is 0 Å². The number of pyridine rings is 2. The number of aliphatic hydroxyl groups excluding tert-OH is 2. The van der Waals surface area contributed by atoms with Gasteiger partial charge in [0, 0.05) is 17.1 Å². The van der Waals surface area contributed by atoms with Gasteiger partial charge in [-0.3, -0.25) is 0 Å². The van der Waals surface area contributed by atoms with Gasteiger partial charge < -0.3 is 14.9 Å². The zero-order valence-electron chi connectivity index (χ0n) is 19.0. The number of aromatic nitrogens is 2. The van der Waals surface area contributed by atoms with Gasteiger partial charge in [0.25, 0.3) is 0 Å². The molecule has 4 aromatic rings. The number of hydrogen-bond acceptors (Lipinski definition) is 9. The average molecular weight is 556 g/mol. The summed E-state index contributed by atoms with van der Waals surface area (Å²) in [7, 11) is 0. The molecule has 2 unspecified atom stereocenters. The summed E-state index contributed by atoms with van der Waals surface area (Å²) in [5, 5.41) is 38.2. The number of nitriles is 1. The molecular weight excluding hydrogens is 539 g/mol. The average Bonchev–Trinajstić information content (AvgIpc) is 2.87. The monoisotopic (exact) mass is 554 g/mol. The predicted octanol–water partition coefficient (Wildman–Crippen LogP) is 5.24. The first kappa shape index (κ1) is 25.2. The molecule has 12 heteroatoms. The number of ether oxygens (including phenoxy) is 1. The molecule has 3 heterocycles. The molecule has 3 N–H and O–H groups in total. The first-order valence-corrected chi connectivity index (χ1v) is 12.0. The molecule has 0 bridgehead atoms. The second-order valence-corrected chi connectivity index (χ2v) is 9.30. The van der Waals surface area contributed by atoms with Crippen LogP contribution in [-0.2, 0) is 0 Å². The molecule has 0 fully saturated rings. The van der Waals surface area contributed by atoms with Gasteiger partial charge in [-0.2, -0.15) is 10.4 Å². The van der Waals surface area contributed by atoms with Gasteiger partial charge in [0.15, 0.2) is 17.7 Å². The van der Waals surface area contributed by atoms with Gasteiger partial charge in [-0.25, -0.2) is 20.3 Å². The molecule has 0 radical (unpaired) electrons. The van der Waals surface area contributed by atoms with Crippen molar-refractivity contribution in [2.45, 2.75) is 19.5 Å². The van der Waals surface area contributed by atoms with Crippen LogP contribution >= 0.6 is 34.8 Å². The molecule has 0 aliphatic carbocycles. The Balaban J connectivity index is 1.45. The maximum atomic E-state index is 10.2. The highest BCUT2D eigenvalue weighted by atomic mass is 35.5. The van der Waals surface area contributed by atoms with Crippen molar-refractivity contribution >= 4 is 57.1 Å². The third-order valence-electron chi connectivity index (χ3n) is 5.61. The summed E-state index contributed by atoms with van der Waals surface area (Å²) >= 11 is 18.8. The lowest BCUT2D eigenvalue weighted by atomic mass is 10.1. The maximum absolute atomic E-state index is 10.2. The van der Waals surface area contributed by atoms with E-state index in [1.807, 2.05) is 31.2 Å². The Labute approximate surface area is 226 Å². The number of fused-ring (bicyclic) bond motifs is 1. The molecule has 0 spiro atoms. The summed E-state index contributed by atoms with van der Waals surface area (Å²) < 4.78 is 6.02. The minimum absolute atomic E-state index is 0.148. The summed E-state index contributed by atoms with van der Waals surface area (Å²) in [6.07, 6.45) is -1.13. The SMILES string of the molecule is Cc1cc(-c2ccc(Cl)nc2)nc2ccc(Oc3c(Cl)cc(N4N=C(C#N)C(O)NC4O)cc3Cl)cc12. The fourth-order valence-corrected chi connectivity index (χ4v) is 4.47. The molecule has 186 valence electrons. The Bertz CT molecular complexity index is 1570. The highest BCUT2D eigenvalue weighted by molar-refractivity contribution is 6.37. The third-order valence-corrected chi connectivity index (χ3v) is 6.39. The van der Waals surface area contributed by atoms with E-state index in [4.69, 9.17) is 49.8 Å². The van der Waals surface area contributed by atoms with Gasteiger partial charge in [0.1, 0.15) is 17.0 Å². The van der Waals surface area contributed by atoms with Gasteiger partial charge in [0.05, 0.1) is 26.9 Å². The Morgan fingerprint density at radius 2 is 1.81 bits per heavy atom. The minimum atomic E-state index is -1.41. The molecule has 1 aliphatic rings. The van der Waals surface area contributed by atoms with E-state index in [-0.39, 0.29) is 27.2 Å². The number of aryl methyl sites for hydroxylation is 1. The number of nitrogens with one attached hydrogen (secondary N) is 1. The molecule has 2 aromatic heterocycles. The molecular formula is C25H17Cl3N6O3. The van der Waals surface area contributed by atoms with Crippen molar-refractivity contribution in [2.24, 2.45) is 5.10 Å². The number of rotatable bonds is 4. The fraction of sp³-hybridized carbons (Fsp3) is 0.120. The van der Waals surface area contributed by atoms with Crippen LogP contribution < -0.4 is 15.1 Å². The zero-order valence-corrected chi connectivity index (χ0v) is 21.3.